The van der Waals surface area contributed by atoms with Crippen molar-refractivity contribution in [2.75, 3.05) is 0 Å². The van der Waals surface area contributed by atoms with Gasteiger partial charge in [-0.1, -0.05) is 73.6 Å². The fraction of sp³-hybridized carbons (Fsp3) is 0.600. The second-order valence-electron chi connectivity index (χ2n) is 6.96. The van der Waals surface area contributed by atoms with Gasteiger partial charge in [-0.15, -0.1) is 0 Å². The summed E-state index contributed by atoms with van der Waals surface area (Å²) in [4.78, 5) is 0. The van der Waals surface area contributed by atoms with Crippen molar-refractivity contribution < 1.29 is 0 Å². The summed E-state index contributed by atoms with van der Waals surface area (Å²) in [7, 11) is 0. The maximum absolute atomic E-state index is 2.57. The summed E-state index contributed by atoms with van der Waals surface area (Å²) in [5, 5.41) is 0. The summed E-state index contributed by atoms with van der Waals surface area (Å²) in [5.41, 5.74) is 4.53. The fourth-order valence-corrected chi connectivity index (χ4v) is 4.07. The molecule has 0 N–H and O–H groups in total. The third kappa shape index (κ3) is 3.53. The highest BCUT2D eigenvalue weighted by Crippen LogP contribution is 2.38. The Hall–Kier alpha value is -1.04. The van der Waals surface area contributed by atoms with Gasteiger partial charge in [0.25, 0.3) is 0 Å². The third-order valence-electron chi connectivity index (χ3n) is 5.41. The van der Waals surface area contributed by atoms with E-state index in [1.165, 1.54) is 68.9 Å². The number of benzene rings is 1. The van der Waals surface area contributed by atoms with E-state index in [-0.39, 0.29) is 0 Å². The van der Waals surface area contributed by atoms with Crippen LogP contribution >= 0.6 is 0 Å². The summed E-state index contributed by atoms with van der Waals surface area (Å²) in [6.07, 6.45) is 15.4. The van der Waals surface area contributed by atoms with Crippen LogP contribution in [0.1, 0.15) is 62.5 Å². The zero-order chi connectivity index (χ0) is 13.8. The second kappa shape index (κ2) is 6.61. The molecule has 3 rings (SSSR count). The molecule has 1 fully saturated rings. The molecule has 0 bridgehead atoms. The van der Waals surface area contributed by atoms with Gasteiger partial charge in [-0.2, -0.15) is 0 Å². The number of rotatable bonds is 3. The molecule has 0 saturated heterocycles. The summed E-state index contributed by atoms with van der Waals surface area (Å²) in [5.74, 6) is 2.04. The molecule has 20 heavy (non-hydrogen) atoms. The van der Waals surface area contributed by atoms with Gasteiger partial charge in [-0.25, -0.2) is 0 Å². The van der Waals surface area contributed by atoms with Gasteiger partial charge in [0, 0.05) is 0 Å². The van der Waals surface area contributed by atoms with Crippen molar-refractivity contribution in [3.8, 4) is 0 Å². The van der Waals surface area contributed by atoms with Crippen molar-refractivity contribution in [1.29, 1.82) is 0 Å². The van der Waals surface area contributed by atoms with Crippen LogP contribution in [-0.4, -0.2) is 0 Å². The summed E-state index contributed by atoms with van der Waals surface area (Å²) >= 11 is 0. The molecule has 2 aliphatic rings. The van der Waals surface area contributed by atoms with E-state index in [0.29, 0.717) is 0 Å². The zero-order valence-corrected chi connectivity index (χ0v) is 12.9. The van der Waals surface area contributed by atoms with E-state index in [2.05, 4.69) is 37.3 Å². The number of hydrogen-bond donors (Lipinski definition) is 0. The van der Waals surface area contributed by atoms with Gasteiger partial charge >= 0.3 is 0 Å². The molecule has 0 radical (unpaired) electrons. The van der Waals surface area contributed by atoms with Gasteiger partial charge in [0.2, 0.25) is 0 Å². The largest absolute Gasteiger partial charge is 0.0847 e. The van der Waals surface area contributed by atoms with Crippen molar-refractivity contribution in [3.05, 3.63) is 47.0 Å². The molecule has 0 nitrogen and oxygen atoms in total. The first-order valence-corrected chi connectivity index (χ1v) is 8.55. The van der Waals surface area contributed by atoms with Crippen LogP contribution in [0.2, 0.25) is 0 Å². The van der Waals surface area contributed by atoms with Crippen molar-refractivity contribution in [3.63, 3.8) is 0 Å². The van der Waals surface area contributed by atoms with E-state index in [9.17, 15) is 0 Å². The predicted molar refractivity (Wildman–Crippen MR) is 86.9 cm³/mol. The Labute approximate surface area is 124 Å². The number of hydrogen-bond acceptors (Lipinski definition) is 0. The standard InChI is InChI=1S/C20H28/c1-16-7-9-17(10-8-16)15-18-11-13-20(14-12-18)19-5-3-2-4-6-19/h7-11,19-20H,2-6,12-15H2,1H3. The van der Waals surface area contributed by atoms with Crippen LogP contribution in [0.5, 0.6) is 0 Å². The quantitative estimate of drug-likeness (QED) is 0.604. The lowest BCUT2D eigenvalue weighted by Crippen LogP contribution is -2.20. The minimum Gasteiger partial charge on any atom is -0.0847 e. The van der Waals surface area contributed by atoms with Crippen molar-refractivity contribution >= 4 is 0 Å². The third-order valence-corrected chi connectivity index (χ3v) is 5.41. The molecule has 108 valence electrons. The molecule has 0 amide bonds. The Balaban J connectivity index is 1.55. The Kier molecular flexibility index (Phi) is 4.60. The average Bonchev–Trinajstić information content (AvgIpc) is 2.51. The Morgan fingerprint density at radius 1 is 0.900 bits per heavy atom. The van der Waals surface area contributed by atoms with Crippen LogP contribution in [0.15, 0.2) is 35.9 Å². The summed E-state index contributed by atoms with van der Waals surface area (Å²) in [6.45, 7) is 2.17. The SMILES string of the molecule is Cc1ccc(CC2=CCC(C3CCCCC3)CC2)cc1. The summed E-state index contributed by atoms with van der Waals surface area (Å²) < 4.78 is 0. The lowest BCUT2D eigenvalue weighted by Gasteiger charge is -2.32. The van der Waals surface area contributed by atoms with E-state index < -0.39 is 0 Å². The first-order valence-electron chi connectivity index (χ1n) is 8.55. The van der Waals surface area contributed by atoms with E-state index in [4.69, 9.17) is 0 Å². The second-order valence-corrected chi connectivity index (χ2v) is 6.96. The molecule has 0 spiro atoms. The zero-order valence-electron chi connectivity index (χ0n) is 12.9. The van der Waals surface area contributed by atoms with E-state index in [1.54, 1.807) is 5.57 Å². The topological polar surface area (TPSA) is 0 Å². The predicted octanol–water partition coefficient (Wildman–Crippen LogP) is 5.84. The van der Waals surface area contributed by atoms with E-state index in [0.717, 1.165) is 11.8 Å². The maximum atomic E-state index is 2.57. The van der Waals surface area contributed by atoms with Gasteiger partial charge in [-0.3, -0.25) is 0 Å². The average molecular weight is 268 g/mol. The van der Waals surface area contributed by atoms with Gasteiger partial charge in [0.15, 0.2) is 0 Å². The lowest BCUT2D eigenvalue weighted by molar-refractivity contribution is 0.231. The minimum atomic E-state index is 0.997. The lowest BCUT2D eigenvalue weighted by atomic mass is 9.73. The van der Waals surface area contributed by atoms with Gasteiger partial charge in [0.05, 0.1) is 0 Å². The highest BCUT2D eigenvalue weighted by atomic mass is 14.3. The Bertz CT molecular complexity index is 445. The molecule has 0 aliphatic heterocycles. The van der Waals surface area contributed by atoms with Crippen molar-refractivity contribution in [1.82, 2.24) is 0 Å². The molecule has 1 saturated carbocycles. The molecule has 1 unspecified atom stereocenters. The van der Waals surface area contributed by atoms with E-state index >= 15 is 0 Å². The fourth-order valence-electron chi connectivity index (χ4n) is 4.07. The first kappa shape index (κ1) is 13.9. The number of allylic oxidation sites excluding steroid dienone is 2. The van der Waals surface area contributed by atoms with Crippen molar-refractivity contribution in [2.24, 2.45) is 11.8 Å². The van der Waals surface area contributed by atoms with Crippen LogP contribution in [-0.2, 0) is 6.42 Å². The monoisotopic (exact) mass is 268 g/mol. The summed E-state index contributed by atoms with van der Waals surface area (Å²) in [6, 6.07) is 9.07. The smallest absolute Gasteiger partial charge is 0.00671 e. The molecular weight excluding hydrogens is 240 g/mol. The molecule has 2 aliphatic carbocycles. The van der Waals surface area contributed by atoms with Gasteiger partial charge in [0.1, 0.15) is 0 Å². The number of aryl methyl sites for hydroxylation is 1. The van der Waals surface area contributed by atoms with Crippen LogP contribution in [0.3, 0.4) is 0 Å². The maximum Gasteiger partial charge on any atom is -0.00671 e. The molecule has 1 aromatic carbocycles. The normalized spacial score (nSPS) is 24.4. The molecule has 1 atom stereocenters. The minimum absolute atomic E-state index is 0.997. The van der Waals surface area contributed by atoms with Crippen LogP contribution < -0.4 is 0 Å². The molecular formula is C20H28. The molecule has 0 heteroatoms. The van der Waals surface area contributed by atoms with Crippen LogP contribution in [0.25, 0.3) is 0 Å². The molecule has 1 aromatic rings. The van der Waals surface area contributed by atoms with Crippen molar-refractivity contribution in [2.45, 2.75) is 64.7 Å². The molecule has 0 aromatic heterocycles. The Morgan fingerprint density at radius 2 is 1.65 bits per heavy atom. The first-order chi connectivity index (χ1) is 9.81. The van der Waals surface area contributed by atoms with Gasteiger partial charge < -0.3 is 0 Å². The highest BCUT2D eigenvalue weighted by molar-refractivity contribution is 5.26. The highest BCUT2D eigenvalue weighted by Gasteiger charge is 2.25. The Morgan fingerprint density at radius 3 is 2.30 bits per heavy atom. The van der Waals surface area contributed by atoms with Crippen LogP contribution in [0.4, 0.5) is 0 Å². The van der Waals surface area contributed by atoms with E-state index in [1.807, 2.05) is 0 Å². The van der Waals surface area contributed by atoms with Gasteiger partial charge in [-0.05, 0) is 50.0 Å². The van der Waals surface area contributed by atoms with Crippen LogP contribution in [0, 0.1) is 18.8 Å². The molecule has 0 heterocycles.